The molecule has 1 heteroatoms. The van der Waals surface area contributed by atoms with Crippen LogP contribution in [0.15, 0.2) is 133 Å². The molecule has 0 unspecified atom stereocenters. The molecule has 6 aromatic carbocycles. The largest absolute Gasteiger partial charge is 0.134 e. The van der Waals surface area contributed by atoms with Crippen LogP contribution in [0, 0.1) is 0 Å². The molecule has 0 saturated carbocycles. The van der Waals surface area contributed by atoms with Gasteiger partial charge in [-0.25, -0.2) is 0 Å². The van der Waals surface area contributed by atoms with Crippen LogP contribution in [0.1, 0.15) is 0 Å². The Labute approximate surface area is 208 Å². The topological polar surface area (TPSA) is 0 Å². The average molecular weight is 463 g/mol. The van der Waals surface area contributed by atoms with Gasteiger partial charge in [-0.3, -0.25) is 0 Å². The van der Waals surface area contributed by atoms with Crippen molar-refractivity contribution in [3.05, 3.63) is 133 Å². The van der Waals surface area contributed by atoms with Crippen LogP contribution in [-0.2, 0) is 0 Å². The highest BCUT2D eigenvalue weighted by Crippen LogP contribution is 2.47. The molecular formula is C34H22S. The molecule has 164 valence electrons. The number of hydrogen-bond donors (Lipinski definition) is 0. The van der Waals surface area contributed by atoms with Gasteiger partial charge in [0.1, 0.15) is 0 Å². The van der Waals surface area contributed by atoms with Gasteiger partial charge in [-0.2, -0.15) is 0 Å². The van der Waals surface area contributed by atoms with Gasteiger partial charge in [0, 0.05) is 26.1 Å². The molecule has 0 radical (unpaired) electrons. The Balaban J connectivity index is 1.45. The molecule has 0 N–H and O–H groups in total. The van der Waals surface area contributed by atoms with E-state index in [-0.39, 0.29) is 0 Å². The van der Waals surface area contributed by atoms with Crippen molar-refractivity contribution in [3.8, 4) is 32.0 Å². The molecule has 0 saturated heterocycles. The molecule has 0 aliphatic carbocycles. The zero-order valence-electron chi connectivity index (χ0n) is 19.1. The minimum absolute atomic E-state index is 1.25. The second-order valence-corrected chi connectivity index (χ2v) is 9.96. The first kappa shape index (κ1) is 20.2. The lowest BCUT2D eigenvalue weighted by molar-refractivity contribution is 1.62. The molecule has 0 aliphatic rings. The normalized spacial score (nSPS) is 11.4. The molecule has 35 heavy (non-hydrogen) atoms. The van der Waals surface area contributed by atoms with Crippen molar-refractivity contribution >= 4 is 43.7 Å². The highest BCUT2D eigenvalue weighted by molar-refractivity contribution is 7.21. The van der Waals surface area contributed by atoms with Gasteiger partial charge in [-0.15, -0.1) is 11.3 Å². The fraction of sp³-hybridized carbons (Fsp3) is 0. The van der Waals surface area contributed by atoms with Gasteiger partial charge in [0.15, 0.2) is 0 Å². The molecule has 0 fully saturated rings. The lowest BCUT2D eigenvalue weighted by Gasteiger charge is -2.09. The molecule has 0 bridgehead atoms. The van der Waals surface area contributed by atoms with Crippen molar-refractivity contribution in [2.75, 3.05) is 0 Å². The number of fused-ring (bicyclic) bond motifs is 4. The maximum absolute atomic E-state index is 2.35. The number of rotatable bonds is 3. The predicted octanol–water partition coefficient (Wildman–Crippen LogP) is 10.2. The van der Waals surface area contributed by atoms with E-state index in [0.29, 0.717) is 0 Å². The maximum Gasteiger partial charge on any atom is 0.0434 e. The van der Waals surface area contributed by atoms with E-state index >= 15 is 0 Å². The van der Waals surface area contributed by atoms with Gasteiger partial charge in [-0.1, -0.05) is 127 Å². The molecular weight excluding hydrogens is 440 g/mol. The van der Waals surface area contributed by atoms with E-state index in [2.05, 4.69) is 133 Å². The van der Waals surface area contributed by atoms with Crippen LogP contribution in [0.25, 0.3) is 64.3 Å². The molecule has 7 aromatic rings. The third kappa shape index (κ3) is 3.36. The summed E-state index contributed by atoms with van der Waals surface area (Å²) in [5, 5.41) is 7.82. The van der Waals surface area contributed by atoms with Gasteiger partial charge in [0.2, 0.25) is 0 Å². The molecule has 0 amide bonds. The minimum Gasteiger partial charge on any atom is -0.134 e. The lowest BCUT2D eigenvalue weighted by Crippen LogP contribution is -1.82. The van der Waals surface area contributed by atoms with E-state index in [9.17, 15) is 0 Å². The molecule has 7 rings (SSSR count). The molecule has 0 atom stereocenters. The van der Waals surface area contributed by atoms with E-state index in [1.165, 1.54) is 64.3 Å². The van der Waals surface area contributed by atoms with Crippen LogP contribution >= 0.6 is 11.3 Å². The fourth-order valence-corrected chi connectivity index (χ4v) is 6.52. The highest BCUT2D eigenvalue weighted by Gasteiger charge is 2.17. The summed E-state index contributed by atoms with van der Waals surface area (Å²) in [7, 11) is 0. The second-order valence-electron chi connectivity index (χ2n) is 8.94. The Morgan fingerprint density at radius 1 is 0.343 bits per heavy atom. The fourth-order valence-electron chi connectivity index (χ4n) is 5.21. The maximum atomic E-state index is 2.35. The Morgan fingerprint density at radius 3 is 1.77 bits per heavy atom. The summed E-state index contributed by atoms with van der Waals surface area (Å²) in [6, 6.07) is 48.4. The summed E-state index contributed by atoms with van der Waals surface area (Å²) in [4.78, 5) is 2.65. The van der Waals surface area contributed by atoms with Gasteiger partial charge >= 0.3 is 0 Å². The van der Waals surface area contributed by atoms with Gasteiger partial charge < -0.3 is 0 Å². The van der Waals surface area contributed by atoms with E-state index in [1.807, 2.05) is 11.3 Å². The van der Waals surface area contributed by atoms with Gasteiger partial charge in [0.25, 0.3) is 0 Å². The number of benzene rings is 6. The first-order valence-electron chi connectivity index (χ1n) is 11.9. The van der Waals surface area contributed by atoms with Crippen LogP contribution in [0.3, 0.4) is 0 Å². The highest BCUT2D eigenvalue weighted by atomic mass is 32.1. The predicted molar refractivity (Wildman–Crippen MR) is 153 cm³/mol. The third-order valence-electron chi connectivity index (χ3n) is 6.88. The monoisotopic (exact) mass is 462 g/mol. The number of thiophene rings is 1. The van der Waals surface area contributed by atoms with Crippen LogP contribution in [-0.4, -0.2) is 0 Å². The Hall–Kier alpha value is -4.20. The summed E-state index contributed by atoms with van der Waals surface area (Å²) in [5.41, 5.74) is 5.09. The van der Waals surface area contributed by atoms with Crippen molar-refractivity contribution in [3.63, 3.8) is 0 Å². The Morgan fingerprint density at radius 2 is 0.943 bits per heavy atom. The van der Waals surface area contributed by atoms with Crippen molar-refractivity contribution < 1.29 is 0 Å². The Bertz CT molecular complexity index is 1840. The van der Waals surface area contributed by atoms with Crippen LogP contribution in [0.4, 0.5) is 0 Å². The van der Waals surface area contributed by atoms with Crippen LogP contribution in [0.5, 0.6) is 0 Å². The van der Waals surface area contributed by atoms with Gasteiger partial charge in [0.05, 0.1) is 0 Å². The molecule has 1 aromatic heterocycles. The van der Waals surface area contributed by atoms with Gasteiger partial charge in [-0.05, 0) is 44.3 Å². The van der Waals surface area contributed by atoms with Crippen molar-refractivity contribution in [1.82, 2.24) is 0 Å². The van der Waals surface area contributed by atoms with E-state index in [0.717, 1.165) is 0 Å². The molecule has 0 nitrogen and oxygen atoms in total. The van der Waals surface area contributed by atoms with E-state index in [1.54, 1.807) is 0 Å². The summed E-state index contributed by atoms with van der Waals surface area (Å²) in [6.07, 6.45) is 0. The standard InChI is InChI=1S/C34H22S/c1-2-10-23(11-3-1)28-14-6-7-15-30(28)34-32-17-9-8-16-31(32)33(35-34)26-20-21-29-25(22-26)19-18-24-12-4-5-13-27(24)29/h1-22H. The third-order valence-corrected chi connectivity index (χ3v) is 8.19. The van der Waals surface area contributed by atoms with Crippen LogP contribution < -0.4 is 0 Å². The van der Waals surface area contributed by atoms with Crippen molar-refractivity contribution in [2.24, 2.45) is 0 Å². The minimum atomic E-state index is 1.25. The summed E-state index contributed by atoms with van der Waals surface area (Å²) >= 11 is 1.90. The summed E-state index contributed by atoms with van der Waals surface area (Å²) in [6.45, 7) is 0. The summed E-state index contributed by atoms with van der Waals surface area (Å²) < 4.78 is 0. The van der Waals surface area contributed by atoms with Crippen LogP contribution in [0.2, 0.25) is 0 Å². The van der Waals surface area contributed by atoms with Crippen molar-refractivity contribution in [2.45, 2.75) is 0 Å². The Kier molecular flexibility index (Phi) is 4.75. The molecule has 0 spiro atoms. The first-order valence-corrected chi connectivity index (χ1v) is 12.8. The zero-order chi connectivity index (χ0) is 23.2. The average Bonchev–Trinajstić information content (AvgIpc) is 3.33. The lowest BCUT2D eigenvalue weighted by atomic mass is 9.96. The SMILES string of the molecule is c1ccc(-c2ccccc2-c2sc(-c3ccc4c(ccc5ccccc54)c3)c3ccccc23)cc1. The summed E-state index contributed by atoms with van der Waals surface area (Å²) in [5.74, 6) is 0. The molecule has 0 aliphatic heterocycles. The number of hydrogen-bond acceptors (Lipinski definition) is 1. The first-order chi connectivity index (χ1) is 17.4. The van der Waals surface area contributed by atoms with Crippen molar-refractivity contribution in [1.29, 1.82) is 0 Å². The van der Waals surface area contributed by atoms with E-state index in [4.69, 9.17) is 0 Å². The zero-order valence-corrected chi connectivity index (χ0v) is 19.9. The van der Waals surface area contributed by atoms with E-state index < -0.39 is 0 Å². The quantitative estimate of drug-likeness (QED) is 0.229. The second kappa shape index (κ2) is 8.23. The smallest absolute Gasteiger partial charge is 0.0434 e. The molecule has 1 heterocycles.